The van der Waals surface area contributed by atoms with E-state index >= 15 is 0 Å². The van der Waals surface area contributed by atoms with Crippen LogP contribution in [0.2, 0.25) is 0 Å². The summed E-state index contributed by atoms with van der Waals surface area (Å²) in [5.41, 5.74) is 6.28. The molecular weight excluding hydrogens is 248 g/mol. The lowest BCUT2D eigenvalue weighted by Gasteiger charge is -1.90. The van der Waals surface area contributed by atoms with E-state index in [0.29, 0.717) is 10.6 Å². The lowest BCUT2D eigenvalue weighted by atomic mass is 10.2. The van der Waals surface area contributed by atoms with Crippen LogP contribution < -0.4 is 5.73 Å². The van der Waals surface area contributed by atoms with Gasteiger partial charge in [0.2, 0.25) is 0 Å². The Bertz CT molecular complexity index is 510. The summed E-state index contributed by atoms with van der Waals surface area (Å²) in [5.74, 6) is 0. The molecule has 0 saturated heterocycles. The molecule has 0 aliphatic carbocycles. The van der Waals surface area contributed by atoms with Gasteiger partial charge in [-0.2, -0.15) is 5.26 Å². The van der Waals surface area contributed by atoms with Crippen LogP contribution in [0.4, 0.5) is 5.00 Å². The quantitative estimate of drug-likeness (QED) is 0.784. The van der Waals surface area contributed by atoms with Crippen LogP contribution in [0.5, 0.6) is 0 Å². The first-order valence-electron chi connectivity index (χ1n) is 3.60. The molecule has 0 fully saturated rings. The van der Waals surface area contributed by atoms with Crippen LogP contribution in [0.1, 0.15) is 5.56 Å². The maximum atomic E-state index is 8.86. The third kappa shape index (κ3) is 1.30. The minimum atomic E-state index is 0.585. The fourth-order valence-electron chi connectivity index (χ4n) is 1.20. The molecule has 4 heteroatoms. The van der Waals surface area contributed by atoms with E-state index in [9.17, 15) is 0 Å². The van der Waals surface area contributed by atoms with Crippen molar-refractivity contribution in [1.29, 1.82) is 5.26 Å². The summed E-state index contributed by atoms with van der Waals surface area (Å²) in [5, 5.41) is 10.4. The van der Waals surface area contributed by atoms with Gasteiger partial charge in [0.25, 0.3) is 0 Å². The number of thiophene rings is 1. The molecule has 1 aromatic carbocycles. The molecule has 2 rings (SSSR count). The highest BCUT2D eigenvalue weighted by Gasteiger charge is 2.08. The fourth-order valence-corrected chi connectivity index (χ4v) is 2.47. The van der Waals surface area contributed by atoms with E-state index in [-0.39, 0.29) is 0 Å². The number of hydrogen-bond acceptors (Lipinski definition) is 3. The van der Waals surface area contributed by atoms with Crippen molar-refractivity contribution >= 4 is 42.4 Å². The third-order valence-corrected chi connectivity index (χ3v) is 3.28. The van der Waals surface area contributed by atoms with E-state index in [0.717, 1.165) is 14.6 Å². The van der Waals surface area contributed by atoms with Gasteiger partial charge in [-0.3, -0.25) is 0 Å². The number of hydrogen-bond donors (Lipinski definition) is 1. The fraction of sp³-hybridized carbons (Fsp3) is 0. The molecule has 64 valence electrons. The highest BCUT2D eigenvalue weighted by Crippen LogP contribution is 2.34. The number of nitrogen functional groups attached to an aromatic ring is 1. The van der Waals surface area contributed by atoms with Crippen molar-refractivity contribution in [2.24, 2.45) is 0 Å². The third-order valence-electron chi connectivity index (χ3n) is 1.79. The summed E-state index contributed by atoms with van der Waals surface area (Å²) >= 11 is 4.81. The van der Waals surface area contributed by atoms with E-state index < -0.39 is 0 Å². The molecule has 2 N–H and O–H groups in total. The zero-order valence-electron chi connectivity index (χ0n) is 6.54. The zero-order valence-corrected chi connectivity index (χ0v) is 8.95. The van der Waals surface area contributed by atoms with Crippen molar-refractivity contribution in [2.75, 3.05) is 5.73 Å². The standard InChI is InChI=1S/C9H5BrN2S/c10-5-1-2-8-6(3-5)7(4-11)9(12)13-8/h1-3H,12H2. The molecule has 0 aliphatic heterocycles. The van der Waals surface area contributed by atoms with Crippen LogP contribution in [0.3, 0.4) is 0 Å². The molecule has 0 unspecified atom stereocenters. The Kier molecular flexibility index (Phi) is 1.98. The van der Waals surface area contributed by atoms with E-state index in [1.807, 2.05) is 18.2 Å². The molecule has 0 spiro atoms. The summed E-state index contributed by atoms with van der Waals surface area (Å²) in [7, 11) is 0. The average Bonchev–Trinajstić information content (AvgIpc) is 2.40. The van der Waals surface area contributed by atoms with Crippen LogP contribution >= 0.6 is 27.3 Å². The maximum Gasteiger partial charge on any atom is 0.105 e. The zero-order chi connectivity index (χ0) is 9.42. The van der Waals surface area contributed by atoms with Gasteiger partial charge in [0, 0.05) is 14.6 Å². The summed E-state index contributed by atoms with van der Waals surface area (Å²) in [6, 6.07) is 7.93. The van der Waals surface area contributed by atoms with Crippen LogP contribution in [-0.4, -0.2) is 0 Å². The number of nitrogens with zero attached hydrogens (tertiary/aromatic N) is 1. The Morgan fingerprint density at radius 2 is 2.23 bits per heavy atom. The Morgan fingerprint density at radius 1 is 1.46 bits per heavy atom. The summed E-state index contributed by atoms with van der Waals surface area (Å²) in [6.45, 7) is 0. The molecule has 0 amide bonds. The second-order valence-corrected chi connectivity index (χ2v) is 4.59. The molecule has 1 heterocycles. The number of fused-ring (bicyclic) bond motifs is 1. The Hall–Kier alpha value is -1.05. The maximum absolute atomic E-state index is 8.86. The first-order valence-corrected chi connectivity index (χ1v) is 5.21. The number of rotatable bonds is 0. The Labute approximate surface area is 87.7 Å². The number of anilines is 1. The summed E-state index contributed by atoms with van der Waals surface area (Å²) < 4.78 is 2.02. The molecule has 2 nitrogen and oxygen atoms in total. The van der Waals surface area contributed by atoms with E-state index in [4.69, 9.17) is 11.0 Å². The summed E-state index contributed by atoms with van der Waals surface area (Å²) in [4.78, 5) is 0. The molecular formula is C9H5BrN2S. The monoisotopic (exact) mass is 252 g/mol. The lowest BCUT2D eigenvalue weighted by molar-refractivity contribution is 1.51. The highest BCUT2D eigenvalue weighted by molar-refractivity contribution is 9.10. The van der Waals surface area contributed by atoms with Crippen molar-refractivity contribution in [3.63, 3.8) is 0 Å². The van der Waals surface area contributed by atoms with Gasteiger partial charge in [-0.1, -0.05) is 15.9 Å². The largest absolute Gasteiger partial charge is 0.389 e. The van der Waals surface area contributed by atoms with Gasteiger partial charge in [0.1, 0.15) is 11.1 Å². The molecule has 0 bridgehead atoms. The number of halogens is 1. The van der Waals surface area contributed by atoms with Gasteiger partial charge >= 0.3 is 0 Å². The van der Waals surface area contributed by atoms with Crippen molar-refractivity contribution in [2.45, 2.75) is 0 Å². The predicted octanol–water partition coefficient (Wildman–Crippen LogP) is 3.12. The van der Waals surface area contributed by atoms with Crippen molar-refractivity contribution in [3.8, 4) is 6.07 Å². The highest BCUT2D eigenvalue weighted by atomic mass is 79.9. The number of nitrogens with two attached hydrogens (primary N) is 1. The normalized spacial score (nSPS) is 10.2. The molecule has 0 aliphatic rings. The van der Waals surface area contributed by atoms with Gasteiger partial charge in [-0.15, -0.1) is 11.3 Å². The second kappa shape index (κ2) is 3.02. The second-order valence-electron chi connectivity index (χ2n) is 2.59. The van der Waals surface area contributed by atoms with E-state index in [1.165, 1.54) is 11.3 Å². The van der Waals surface area contributed by atoms with Crippen molar-refractivity contribution in [3.05, 3.63) is 28.2 Å². The van der Waals surface area contributed by atoms with Crippen molar-refractivity contribution < 1.29 is 0 Å². The first kappa shape index (κ1) is 8.54. The molecule has 0 saturated carbocycles. The average molecular weight is 253 g/mol. The van der Waals surface area contributed by atoms with Crippen LogP contribution in [0.15, 0.2) is 22.7 Å². The van der Waals surface area contributed by atoms with E-state index in [2.05, 4.69) is 22.0 Å². The SMILES string of the molecule is N#Cc1c(N)sc2ccc(Br)cc12. The minimum Gasteiger partial charge on any atom is -0.389 e. The topological polar surface area (TPSA) is 49.8 Å². The van der Waals surface area contributed by atoms with Gasteiger partial charge in [0.05, 0.1) is 5.56 Å². The molecule has 13 heavy (non-hydrogen) atoms. The Balaban J connectivity index is 2.91. The van der Waals surface area contributed by atoms with Gasteiger partial charge in [-0.25, -0.2) is 0 Å². The van der Waals surface area contributed by atoms with Gasteiger partial charge in [0.15, 0.2) is 0 Å². The molecule has 2 aromatic rings. The van der Waals surface area contributed by atoms with Crippen LogP contribution in [-0.2, 0) is 0 Å². The predicted molar refractivity (Wildman–Crippen MR) is 58.7 cm³/mol. The van der Waals surface area contributed by atoms with Crippen molar-refractivity contribution in [1.82, 2.24) is 0 Å². The van der Waals surface area contributed by atoms with Crippen LogP contribution in [0, 0.1) is 11.3 Å². The number of nitriles is 1. The Morgan fingerprint density at radius 3 is 2.92 bits per heavy atom. The summed E-state index contributed by atoms with van der Waals surface area (Å²) in [6.07, 6.45) is 0. The number of benzene rings is 1. The smallest absolute Gasteiger partial charge is 0.105 e. The molecule has 0 radical (unpaired) electrons. The first-order chi connectivity index (χ1) is 6.22. The molecule has 0 atom stereocenters. The lowest BCUT2D eigenvalue weighted by Crippen LogP contribution is -1.81. The molecule has 1 aromatic heterocycles. The van der Waals surface area contributed by atoms with E-state index in [1.54, 1.807) is 0 Å². The van der Waals surface area contributed by atoms with Gasteiger partial charge in [-0.05, 0) is 18.2 Å². The minimum absolute atomic E-state index is 0.585. The van der Waals surface area contributed by atoms with Gasteiger partial charge < -0.3 is 5.73 Å². The van der Waals surface area contributed by atoms with Crippen LogP contribution in [0.25, 0.3) is 10.1 Å².